The molecular weight excluding hydrogens is 938 g/mol. The van der Waals surface area contributed by atoms with E-state index in [1.165, 1.54) is 79.7 Å². The molecule has 0 spiro atoms. The summed E-state index contributed by atoms with van der Waals surface area (Å²) < 4.78 is 40.8. The van der Waals surface area contributed by atoms with Crippen LogP contribution in [0, 0.1) is 36.3 Å². The number of hydrogen-bond donors (Lipinski definition) is 1. The third kappa shape index (κ3) is 15.6. The van der Waals surface area contributed by atoms with Crippen molar-refractivity contribution in [3.63, 3.8) is 0 Å². The van der Waals surface area contributed by atoms with E-state index in [1.807, 2.05) is 0 Å². The van der Waals surface area contributed by atoms with Gasteiger partial charge in [-0.2, -0.15) is 0 Å². The molecule has 0 radical (unpaired) electrons. The predicted octanol–water partition coefficient (Wildman–Crippen LogP) is 7.77. The Morgan fingerprint density at radius 2 is 1.07 bits per heavy atom. The Bertz CT molecular complexity index is 2330. The van der Waals surface area contributed by atoms with Gasteiger partial charge in [-0.1, -0.05) is 11.8 Å². The molecule has 68 heavy (non-hydrogen) atoms. The van der Waals surface area contributed by atoms with Gasteiger partial charge >= 0.3 is 18.2 Å². The lowest BCUT2D eigenvalue weighted by Gasteiger charge is -2.50. The van der Waals surface area contributed by atoms with E-state index in [1.54, 1.807) is 41.5 Å². The third-order valence-electron chi connectivity index (χ3n) is 9.32. The summed E-state index contributed by atoms with van der Waals surface area (Å²) in [6.07, 6.45) is -5.82. The van der Waals surface area contributed by atoms with Crippen molar-refractivity contribution in [3.05, 3.63) is 120 Å². The smallest absolute Gasteiger partial charge is 0.456 e. The second kappa shape index (κ2) is 25.1. The Morgan fingerprint density at radius 1 is 0.662 bits per heavy atom. The molecule has 0 saturated carbocycles. The minimum atomic E-state index is -4.15. The van der Waals surface area contributed by atoms with Gasteiger partial charge in [-0.25, -0.2) is 14.4 Å². The maximum atomic E-state index is 14.6. The number of alkyl carbamates (subject to hydrolysis) is 1. The first-order valence-electron chi connectivity index (χ1n) is 21.0. The number of likely N-dealkylation sites (tertiary alicyclic amines) is 1. The number of carbonyl (C=O) groups excluding carboxylic acids is 5. The summed E-state index contributed by atoms with van der Waals surface area (Å²) in [6, 6.07) is 14.6. The van der Waals surface area contributed by atoms with Gasteiger partial charge in [0.2, 0.25) is 11.3 Å². The quantitative estimate of drug-likeness (QED) is 0.0170. The SMILES string of the molecule is CC(C)OP(OC(C)C)(OC(C)C)=C(C(=O)OCc1ccc([N+](=O)[O-])cc1)N1C(=O)[C@H]([C@@H](C)OC(=O)OCc2ccc([N+](=O)[O-])cc2)[C@H]1CC(=O)SCCNC(=O)OCc1ccc([N+](=O)[O-])cc1. The highest BCUT2D eigenvalue weighted by Gasteiger charge is 2.58. The lowest BCUT2D eigenvalue weighted by atomic mass is 9.81. The number of nitro groups is 3. The van der Waals surface area contributed by atoms with Crippen LogP contribution in [0.4, 0.5) is 26.7 Å². The average Bonchev–Trinajstić information content (AvgIpc) is 3.26. The number of nitrogens with zero attached hydrogens (tertiary/aromatic N) is 4. The van der Waals surface area contributed by atoms with Gasteiger partial charge < -0.3 is 37.8 Å². The van der Waals surface area contributed by atoms with E-state index in [0.717, 1.165) is 16.7 Å². The monoisotopic (exact) mass is 989 g/mol. The molecule has 3 atom stereocenters. The Balaban J connectivity index is 1.63. The Kier molecular flexibility index (Phi) is 20.0. The number of benzene rings is 3. The first-order chi connectivity index (χ1) is 32.1. The zero-order valence-corrected chi connectivity index (χ0v) is 39.8. The van der Waals surface area contributed by atoms with E-state index in [-0.39, 0.29) is 42.6 Å². The molecule has 1 heterocycles. The Labute approximate surface area is 394 Å². The molecule has 1 saturated heterocycles. The van der Waals surface area contributed by atoms with Gasteiger partial charge in [0.15, 0.2) is 5.12 Å². The molecule has 1 N–H and O–H groups in total. The third-order valence-corrected chi connectivity index (χ3v) is 13.2. The molecule has 368 valence electrons. The van der Waals surface area contributed by atoms with Crippen molar-refractivity contribution in [2.45, 2.75) is 105 Å². The molecule has 23 nitrogen and oxygen atoms in total. The maximum absolute atomic E-state index is 14.6. The second-order valence-electron chi connectivity index (χ2n) is 15.7. The summed E-state index contributed by atoms with van der Waals surface area (Å²) in [5.74, 6) is -3.20. The van der Waals surface area contributed by atoms with Gasteiger partial charge in [0.05, 0.1) is 45.0 Å². The van der Waals surface area contributed by atoms with E-state index >= 15 is 0 Å². The molecule has 25 heteroatoms. The van der Waals surface area contributed by atoms with Crippen LogP contribution < -0.4 is 5.32 Å². The summed E-state index contributed by atoms with van der Waals surface area (Å²) in [7, 11) is -4.15. The Hall–Kier alpha value is -6.46. The molecule has 3 aromatic carbocycles. The number of nitro benzene ring substituents is 3. The fourth-order valence-electron chi connectivity index (χ4n) is 6.46. The minimum Gasteiger partial charge on any atom is -0.456 e. The van der Waals surface area contributed by atoms with Gasteiger partial charge in [-0.3, -0.25) is 44.8 Å². The maximum Gasteiger partial charge on any atom is 0.508 e. The van der Waals surface area contributed by atoms with Gasteiger partial charge in [-0.05, 0) is 102 Å². The van der Waals surface area contributed by atoms with Crippen molar-refractivity contribution >= 4 is 71.0 Å². The predicted molar refractivity (Wildman–Crippen MR) is 245 cm³/mol. The largest absolute Gasteiger partial charge is 0.508 e. The highest BCUT2D eigenvalue weighted by Crippen LogP contribution is 2.58. The van der Waals surface area contributed by atoms with Crippen molar-refractivity contribution in [2.24, 2.45) is 5.92 Å². The fourth-order valence-corrected chi connectivity index (χ4v) is 10.1. The van der Waals surface area contributed by atoms with Crippen molar-refractivity contribution in [3.8, 4) is 0 Å². The number of hydrogen-bond acceptors (Lipinski definition) is 19. The average molecular weight is 990 g/mol. The van der Waals surface area contributed by atoms with Crippen LogP contribution >= 0.6 is 19.3 Å². The van der Waals surface area contributed by atoms with E-state index in [2.05, 4.69) is 5.32 Å². The molecule has 3 aromatic rings. The molecule has 1 fully saturated rings. The van der Waals surface area contributed by atoms with Crippen molar-refractivity contribution in [1.29, 1.82) is 0 Å². The fraction of sp³-hybridized carbons (Fsp3) is 0.442. The molecule has 0 aromatic heterocycles. The van der Waals surface area contributed by atoms with Gasteiger partial charge in [0, 0.05) is 55.1 Å². The number of rotatable bonds is 24. The van der Waals surface area contributed by atoms with Crippen LogP contribution in [0.5, 0.6) is 0 Å². The van der Waals surface area contributed by atoms with E-state index < -0.39 is 106 Å². The number of esters is 1. The van der Waals surface area contributed by atoms with E-state index in [9.17, 15) is 54.3 Å². The van der Waals surface area contributed by atoms with E-state index in [4.69, 9.17) is 32.5 Å². The molecule has 2 amide bonds. The summed E-state index contributed by atoms with van der Waals surface area (Å²) >= 11 is 0.781. The molecule has 1 aliphatic heterocycles. The highest BCUT2D eigenvalue weighted by atomic mass is 32.2. The van der Waals surface area contributed by atoms with Crippen molar-refractivity contribution in [1.82, 2.24) is 10.2 Å². The zero-order chi connectivity index (χ0) is 50.3. The van der Waals surface area contributed by atoms with Crippen LogP contribution in [0.15, 0.2) is 72.8 Å². The number of thioether (sulfide) groups is 1. The second-order valence-corrected chi connectivity index (χ2v) is 18.9. The first-order valence-corrected chi connectivity index (χ1v) is 23.5. The lowest BCUT2D eigenvalue weighted by molar-refractivity contribution is -0.385. The topological polar surface area (TPSA) is 295 Å². The number of non-ortho nitro benzene ring substituents is 3. The number of nitrogens with one attached hydrogen (secondary N) is 1. The summed E-state index contributed by atoms with van der Waals surface area (Å²) in [5, 5.41) is 35.2. The summed E-state index contributed by atoms with van der Waals surface area (Å²) in [4.78, 5) is 101. The van der Waals surface area contributed by atoms with Gasteiger partial charge in [0.25, 0.3) is 24.6 Å². The zero-order valence-electron chi connectivity index (χ0n) is 38.1. The molecule has 0 aliphatic carbocycles. The van der Waals surface area contributed by atoms with Crippen LogP contribution in [0.2, 0.25) is 0 Å². The van der Waals surface area contributed by atoms with Crippen LogP contribution in [0.25, 0.3) is 0 Å². The molecule has 0 bridgehead atoms. The first kappa shape index (κ1) is 54.1. The lowest BCUT2D eigenvalue weighted by Crippen LogP contribution is -2.68. The normalized spacial score (nSPS) is 15.0. The number of β-lactam (4-membered cyclic amide) rings is 1. The molecule has 1 aliphatic rings. The van der Waals surface area contributed by atoms with Crippen molar-refractivity contribution in [2.75, 3.05) is 12.3 Å². The summed E-state index contributed by atoms with van der Waals surface area (Å²) in [6.45, 7) is 10.3. The van der Waals surface area contributed by atoms with E-state index in [0.29, 0.717) is 16.7 Å². The van der Waals surface area contributed by atoms with Crippen LogP contribution in [0.3, 0.4) is 0 Å². The van der Waals surface area contributed by atoms with Crippen molar-refractivity contribution < 1.29 is 71.3 Å². The molecule has 0 unspecified atom stereocenters. The minimum absolute atomic E-state index is 0.0198. The highest BCUT2D eigenvalue weighted by molar-refractivity contribution is 8.13. The summed E-state index contributed by atoms with van der Waals surface area (Å²) in [5.41, 5.74) is 0.226. The van der Waals surface area contributed by atoms with Crippen LogP contribution in [-0.4, -0.2) is 97.1 Å². The number of ether oxygens (including phenoxy) is 4. The van der Waals surface area contributed by atoms with Gasteiger partial charge in [-0.15, -0.1) is 0 Å². The number of carbonyl (C=O) groups is 5. The van der Waals surface area contributed by atoms with Crippen LogP contribution in [-0.2, 0) is 66.7 Å². The van der Waals surface area contributed by atoms with Crippen LogP contribution in [0.1, 0.15) is 71.6 Å². The molecular formula is C43H52N5O18PS. The number of amides is 2. The van der Waals surface area contributed by atoms with Gasteiger partial charge in [0.1, 0.15) is 25.9 Å². The Morgan fingerprint density at radius 3 is 1.49 bits per heavy atom. The molecule has 4 rings (SSSR count). The standard InChI is InChI=1S/C43H52N5O18PS/c1-26(2)64-67(65-27(3)4,66-28(5)6)40(41(51)60-23-30-8-14-33(15-9-30)46(54)55)45-36(22-37(49)68-21-20-44-42(52)61-24-31-10-16-34(17-11-31)47(56)57)38(39(45)50)29(7)63-43(53)62-25-32-12-18-35(19-13-32)48(58)59/h8-19,26-29,36,38H,20-25H2,1-7H3,(H,44,52)/t29-,36-,38-/m1/s1.